The van der Waals surface area contributed by atoms with Crippen LogP contribution in [0, 0.1) is 0 Å². The van der Waals surface area contributed by atoms with Gasteiger partial charge in [0.25, 0.3) is 0 Å². The summed E-state index contributed by atoms with van der Waals surface area (Å²) >= 11 is 4.39. The van der Waals surface area contributed by atoms with E-state index in [1.807, 2.05) is 72.8 Å². The normalized spacial score (nSPS) is 17.5. The van der Waals surface area contributed by atoms with E-state index in [0.29, 0.717) is 11.4 Å². The quantitative estimate of drug-likeness (QED) is 0.235. The molecule has 4 rings (SSSR count). The Kier molecular flexibility index (Phi) is 7.24. The van der Waals surface area contributed by atoms with Crippen LogP contribution in [0.3, 0.4) is 0 Å². The number of nitrogens with zero attached hydrogens (tertiary/aromatic N) is 3. The van der Waals surface area contributed by atoms with E-state index >= 15 is 0 Å². The van der Waals surface area contributed by atoms with Gasteiger partial charge in [-0.2, -0.15) is 23.2 Å². The van der Waals surface area contributed by atoms with Gasteiger partial charge >= 0.3 is 0 Å². The predicted octanol–water partition coefficient (Wildman–Crippen LogP) is 3.35. The number of allylic oxidation sites excluding steroid dienone is 5. The minimum atomic E-state index is -0.555. The number of hydrogen-bond donors (Lipinski definition) is 3. The van der Waals surface area contributed by atoms with Crippen LogP contribution in [0.4, 0.5) is 0 Å². The smallest absolute Gasteiger partial charge is 0.217 e. The van der Waals surface area contributed by atoms with E-state index in [9.17, 15) is 5.11 Å². The second kappa shape index (κ2) is 9.40. The van der Waals surface area contributed by atoms with Crippen molar-refractivity contribution in [1.82, 2.24) is 10.0 Å². The van der Waals surface area contributed by atoms with Crippen LogP contribution in [-0.2, 0) is 17.1 Å². The number of thiol groups is 1. The molecule has 1 heterocycles. The van der Waals surface area contributed by atoms with Crippen LogP contribution < -0.4 is 5.84 Å². The Hall–Kier alpha value is -2.31. The summed E-state index contributed by atoms with van der Waals surface area (Å²) in [6.45, 7) is 0. The predicted molar refractivity (Wildman–Crippen MR) is 104 cm³/mol. The molecule has 136 valence electrons. The molecule has 2 aromatic carbocycles. The summed E-state index contributed by atoms with van der Waals surface area (Å²) in [6.07, 6.45) is 7.29. The van der Waals surface area contributed by atoms with Gasteiger partial charge < -0.3 is 5.11 Å². The molecule has 1 aliphatic heterocycles. The number of amidine groups is 1. The Bertz CT molecular complexity index is 784. The molecule has 3 N–H and O–H groups in total. The number of hydrazone groups is 1. The maximum Gasteiger partial charge on any atom is 0.217 e. The van der Waals surface area contributed by atoms with Crippen molar-refractivity contribution >= 4 is 18.5 Å². The average Bonchev–Trinajstić information content (AvgIpc) is 3.41. The van der Waals surface area contributed by atoms with Crippen LogP contribution in [0.25, 0.3) is 0 Å². The third-order valence-corrected chi connectivity index (χ3v) is 4.11. The fourth-order valence-corrected chi connectivity index (χ4v) is 2.63. The molecule has 1 unspecified atom stereocenters. The molecule has 26 heavy (non-hydrogen) atoms. The van der Waals surface area contributed by atoms with Crippen LogP contribution in [0.5, 0.6) is 0 Å². The minimum absolute atomic E-state index is 0. The van der Waals surface area contributed by atoms with Gasteiger partial charge in [-0.15, -0.1) is 17.7 Å². The first-order valence-electron chi connectivity index (χ1n) is 7.78. The molecule has 0 amide bonds. The van der Waals surface area contributed by atoms with Crippen LogP contribution in [0.15, 0.2) is 102 Å². The molecule has 1 aliphatic carbocycles. The summed E-state index contributed by atoms with van der Waals surface area (Å²) in [7, 11) is 0. The summed E-state index contributed by atoms with van der Waals surface area (Å²) in [5.41, 5.74) is 0.988. The fourth-order valence-electron chi connectivity index (χ4n) is 2.36. The van der Waals surface area contributed by atoms with Gasteiger partial charge in [-0.05, 0) is 12.2 Å². The van der Waals surface area contributed by atoms with Gasteiger partial charge in [-0.1, -0.05) is 42.5 Å². The molecule has 7 heteroatoms. The third-order valence-electron chi connectivity index (χ3n) is 3.64. The van der Waals surface area contributed by atoms with Crippen LogP contribution >= 0.6 is 12.6 Å². The van der Waals surface area contributed by atoms with Crippen molar-refractivity contribution < 1.29 is 22.2 Å². The summed E-state index contributed by atoms with van der Waals surface area (Å²) in [4.78, 5) is 0. The van der Waals surface area contributed by atoms with Gasteiger partial charge in [-0.3, -0.25) is 5.01 Å². The van der Waals surface area contributed by atoms with Crippen LogP contribution in [-0.4, -0.2) is 26.5 Å². The topological polar surface area (TPSA) is 65.1 Å². The zero-order chi connectivity index (χ0) is 17.6. The van der Waals surface area contributed by atoms with Crippen LogP contribution in [0.2, 0.25) is 0 Å². The zero-order valence-electron chi connectivity index (χ0n) is 13.8. The van der Waals surface area contributed by atoms with Gasteiger partial charge in [0.2, 0.25) is 5.88 Å². The van der Waals surface area contributed by atoms with Crippen molar-refractivity contribution in [2.45, 2.75) is 5.50 Å². The van der Waals surface area contributed by atoms with E-state index in [4.69, 9.17) is 5.84 Å². The Morgan fingerprint density at radius 1 is 1.08 bits per heavy atom. The summed E-state index contributed by atoms with van der Waals surface area (Å²) in [5.74, 6) is 6.58. The summed E-state index contributed by atoms with van der Waals surface area (Å²) < 4.78 is 0. The van der Waals surface area contributed by atoms with E-state index in [2.05, 4.69) is 17.7 Å². The van der Waals surface area contributed by atoms with E-state index < -0.39 is 5.50 Å². The molecule has 1 atom stereocenters. The Balaban J connectivity index is 0.000000351. The molecule has 0 saturated carbocycles. The van der Waals surface area contributed by atoms with Gasteiger partial charge in [0.05, 0.1) is 0 Å². The average molecular weight is 407 g/mol. The number of nitrogens with two attached hydrogens (primary N) is 1. The number of benzene rings is 1. The number of aliphatic hydroxyl groups is 1. The van der Waals surface area contributed by atoms with E-state index in [-0.39, 0.29) is 23.0 Å². The van der Waals surface area contributed by atoms with E-state index in [0.717, 1.165) is 5.56 Å². The van der Waals surface area contributed by atoms with Crippen molar-refractivity contribution in [1.29, 1.82) is 0 Å². The first kappa shape index (κ1) is 20.0. The SMILES string of the molecule is NN1C(c2ccccc2)=NN(C(O)=C2C=CC=C2)C1S.[Fe].c1cc[cH-]c1. The van der Waals surface area contributed by atoms with Crippen molar-refractivity contribution in [2.75, 3.05) is 0 Å². The van der Waals surface area contributed by atoms with Crippen molar-refractivity contribution in [3.63, 3.8) is 0 Å². The molecule has 2 aromatic rings. The molecule has 0 aromatic heterocycles. The second-order valence-electron chi connectivity index (χ2n) is 5.35. The van der Waals surface area contributed by atoms with Gasteiger partial charge in [0.15, 0.2) is 11.3 Å². The van der Waals surface area contributed by atoms with Crippen LogP contribution in [0.1, 0.15) is 5.56 Å². The molecule has 0 bridgehead atoms. The number of aliphatic hydroxyl groups excluding tert-OH is 1. The Morgan fingerprint density at radius 2 is 1.69 bits per heavy atom. The standard InChI is InChI=1S/C14H14N4OS.C5H5.Fe/c15-17-12(10-6-2-1-3-7-10)16-18(14(17)20)13(19)11-8-4-5-9-11;1-2-4-5-3-1;/h1-9,14,19-20H,15H2;1-5H;/q;-1;. The number of hydrazine groups is 1. The minimum Gasteiger partial charge on any atom is -0.493 e. The monoisotopic (exact) mass is 407 g/mol. The molecular weight excluding hydrogens is 388 g/mol. The number of rotatable bonds is 2. The largest absolute Gasteiger partial charge is 0.493 e. The van der Waals surface area contributed by atoms with E-state index in [1.54, 1.807) is 12.2 Å². The molecule has 5 nitrogen and oxygen atoms in total. The first-order chi connectivity index (χ1) is 12.2. The third kappa shape index (κ3) is 4.45. The first-order valence-corrected chi connectivity index (χ1v) is 8.30. The Labute approximate surface area is 169 Å². The van der Waals surface area contributed by atoms with Gasteiger partial charge in [0, 0.05) is 28.2 Å². The van der Waals surface area contributed by atoms with Gasteiger partial charge in [0.1, 0.15) is 0 Å². The fraction of sp³-hybridized carbons (Fsp3) is 0.0526. The molecule has 0 spiro atoms. The molecule has 2 aliphatic rings. The zero-order valence-corrected chi connectivity index (χ0v) is 15.8. The second-order valence-corrected chi connectivity index (χ2v) is 5.81. The van der Waals surface area contributed by atoms with E-state index in [1.165, 1.54) is 10.0 Å². The van der Waals surface area contributed by atoms with Gasteiger partial charge in [-0.25, -0.2) is 18.0 Å². The Morgan fingerprint density at radius 3 is 2.23 bits per heavy atom. The maximum absolute atomic E-state index is 10.3. The van der Waals surface area contributed by atoms with Crippen molar-refractivity contribution in [3.05, 3.63) is 102 Å². The molecule has 0 fully saturated rings. The molecule has 0 saturated heterocycles. The van der Waals surface area contributed by atoms with Crippen molar-refractivity contribution in [2.24, 2.45) is 10.9 Å². The number of hydrogen-bond acceptors (Lipinski definition) is 6. The molecular formula is C19H19FeN4OS-. The maximum atomic E-state index is 10.3. The summed E-state index contributed by atoms with van der Waals surface area (Å²) in [5, 5.41) is 17.4. The van der Waals surface area contributed by atoms with Crippen molar-refractivity contribution in [3.8, 4) is 0 Å². The molecule has 0 radical (unpaired) electrons. The summed E-state index contributed by atoms with van der Waals surface area (Å²) in [6, 6.07) is 19.5.